The van der Waals surface area contributed by atoms with Crippen molar-refractivity contribution in [1.29, 1.82) is 0 Å². The molecule has 0 spiro atoms. The summed E-state index contributed by atoms with van der Waals surface area (Å²) in [5.41, 5.74) is 0.818. The summed E-state index contributed by atoms with van der Waals surface area (Å²) < 4.78 is 9.47. The highest BCUT2D eigenvalue weighted by Crippen LogP contribution is 2.37. The summed E-state index contributed by atoms with van der Waals surface area (Å²) in [6.45, 7) is 1.80. The largest absolute Gasteiger partial charge is 0.502 e. The lowest BCUT2D eigenvalue weighted by Crippen LogP contribution is -1.89. The molecule has 0 aliphatic rings. The minimum absolute atomic E-state index is 0.151. The van der Waals surface area contributed by atoms with Gasteiger partial charge in [0.2, 0.25) is 5.75 Å². The van der Waals surface area contributed by atoms with Gasteiger partial charge in [-0.3, -0.25) is 0 Å². The van der Waals surface area contributed by atoms with E-state index in [0.717, 1.165) is 5.56 Å². The van der Waals surface area contributed by atoms with E-state index in [1.54, 1.807) is 19.1 Å². The number of aromatic hydroxyl groups is 1. The van der Waals surface area contributed by atoms with Crippen molar-refractivity contribution in [2.75, 3.05) is 0 Å². The Labute approximate surface area is 82.3 Å². The lowest BCUT2D eigenvalue weighted by Gasteiger charge is -2.06. The van der Waals surface area contributed by atoms with Crippen molar-refractivity contribution in [3.05, 3.63) is 17.7 Å². The summed E-state index contributed by atoms with van der Waals surface area (Å²) in [6, 6.07) is 3.16. The molecular weight excluding hydrogens is 180 g/mol. The van der Waals surface area contributed by atoms with Crippen LogP contribution >= 0.6 is 0 Å². The number of terminal acetylenes is 2. The first-order chi connectivity index (χ1) is 6.69. The van der Waals surface area contributed by atoms with E-state index in [9.17, 15) is 5.11 Å². The van der Waals surface area contributed by atoms with Crippen LogP contribution in [0.3, 0.4) is 0 Å². The monoisotopic (exact) mass is 188 g/mol. The van der Waals surface area contributed by atoms with Gasteiger partial charge >= 0.3 is 0 Å². The molecule has 0 bridgehead atoms. The van der Waals surface area contributed by atoms with Gasteiger partial charge in [0, 0.05) is 0 Å². The molecule has 0 radical (unpaired) electrons. The fourth-order valence-electron chi connectivity index (χ4n) is 0.996. The lowest BCUT2D eigenvalue weighted by atomic mass is 10.2. The van der Waals surface area contributed by atoms with Crippen LogP contribution < -0.4 is 9.47 Å². The third kappa shape index (κ3) is 1.91. The Kier molecular flexibility index (Phi) is 2.89. The molecule has 70 valence electrons. The van der Waals surface area contributed by atoms with Gasteiger partial charge in [0.25, 0.3) is 0 Å². The third-order valence-corrected chi connectivity index (χ3v) is 1.52. The van der Waals surface area contributed by atoms with Crippen molar-refractivity contribution in [1.82, 2.24) is 0 Å². The molecule has 0 saturated carbocycles. The zero-order valence-corrected chi connectivity index (χ0v) is 7.57. The van der Waals surface area contributed by atoms with Gasteiger partial charge in [-0.05, 0) is 24.6 Å². The molecule has 0 atom stereocenters. The van der Waals surface area contributed by atoms with Crippen LogP contribution in [0.15, 0.2) is 12.1 Å². The van der Waals surface area contributed by atoms with E-state index in [-0.39, 0.29) is 17.2 Å². The molecule has 1 rings (SSSR count). The minimum Gasteiger partial charge on any atom is -0.502 e. The first-order valence-corrected chi connectivity index (χ1v) is 3.77. The van der Waals surface area contributed by atoms with E-state index >= 15 is 0 Å². The molecule has 1 aromatic carbocycles. The van der Waals surface area contributed by atoms with Crippen molar-refractivity contribution >= 4 is 0 Å². The van der Waals surface area contributed by atoms with Gasteiger partial charge in [-0.2, -0.15) is 0 Å². The molecule has 0 heterocycles. The molecule has 1 aromatic rings. The number of ether oxygens (including phenoxy) is 2. The molecule has 1 N–H and O–H groups in total. The topological polar surface area (TPSA) is 38.7 Å². The predicted molar refractivity (Wildman–Crippen MR) is 51.8 cm³/mol. The number of hydrogen-bond donors (Lipinski definition) is 1. The summed E-state index contributed by atoms with van der Waals surface area (Å²) in [4.78, 5) is 0. The molecule has 0 amide bonds. The zero-order chi connectivity index (χ0) is 10.6. The molecule has 0 aromatic heterocycles. The molecule has 0 unspecified atom stereocenters. The fourth-order valence-corrected chi connectivity index (χ4v) is 0.996. The van der Waals surface area contributed by atoms with Gasteiger partial charge in [0.15, 0.2) is 11.5 Å². The molecule has 3 heteroatoms. The zero-order valence-electron chi connectivity index (χ0n) is 7.57. The predicted octanol–water partition coefficient (Wildman–Crippen LogP) is 1.64. The number of rotatable bonds is 2. The first kappa shape index (κ1) is 9.83. The van der Waals surface area contributed by atoms with E-state index in [2.05, 4.69) is 0 Å². The smallest absolute Gasteiger partial charge is 0.204 e. The maximum atomic E-state index is 9.53. The maximum Gasteiger partial charge on any atom is 0.204 e. The van der Waals surface area contributed by atoms with Gasteiger partial charge in [0.1, 0.15) is 12.2 Å². The lowest BCUT2D eigenvalue weighted by molar-refractivity contribution is 0.393. The Morgan fingerprint density at radius 3 is 1.93 bits per heavy atom. The Morgan fingerprint density at radius 2 is 1.57 bits per heavy atom. The highest BCUT2D eigenvalue weighted by molar-refractivity contribution is 5.53. The molecule has 0 fully saturated rings. The molecule has 0 aliphatic carbocycles. The number of benzene rings is 1. The van der Waals surface area contributed by atoms with E-state index in [1.165, 1.54) is 0 Å². The van der Waals surface area contributed by atoms with Gasteiger partial charge in [-0.15, -0.1) is 0 Å². The van der Waals surface area contributed by atoms with Gasteiger partial charge in [0.05, 0.1) is 0 Å². The Bertz CT molecular complexity index is 384. The SMILES string of the molecule is C#COc1cc(C)cc(OC#C)c1O. The average Bonchev–Trinajstić information content (AvgIpc) is 2.14. The number of hydrogen-bond acceptors (Lipinski definition) is 3. The fraction of sp³-hybridized carbons (Fsp3) is 0.0909. The van der Waals surface area contributed by atoms with Crippen molar-refractivity contribution in [3.8, 4) is 42.3 Å². The highest BCUT2D eigenvalue weighted by atomic mass is 16.5. The maximum absolute atomic E-state index is 9.53. The van der Waals surface area contributed by atoms with Crippen LogP contribution in [0.25, 0.3) is 0 Å². The quantitative estimate of drug-likeness (QED) is 0.717. The van der Waals surface area contributed by atoms with Crippen molar-refractivity contribution in [3.63, 3.8) is 0 Å². The van der Waals surface area contributed by atoms with Crippen LogP contribution in [-0.2, 0) is 0 Å². The molecule has 0 saturated heterocycles. The number of aryl methyl sites for hydroxylation is 1. The van der Waals surface area contributed by atoms with Crippen molar-refractivity contribution in [2.45, 2.75) is 6.92 Å². The van der Waals surface area contributed by atoms with Crippen LogP contribution in [0.4, 0.5) is 0 Å². The third-order valence-electron chi connectivity index (χ3n) is 1.52. The second kappa shape index (κ2) is 4.11. The minimum atomic E-state index is -0.202. The van der Waals surface area contributed by atoms with Gasteiger partial charge < -0.3 is 14.6 Å². The molecule has 3 nitrogen and oxygen atoms in total. The molecular formula is C11H8O3. The van der Waals surface area contributed by atoms with Crippen LogP contribution in [0.5, 0.6) is 17.2 Å². The molecule has 14 heavy (non-hydrogen) atoms. The standard InChI is InChI=1S/C11H8O3/c1-4-13-9-6-8(3)7-10(11(9)12)14-5-2/h1-2,6-7,12H,3H3. The Balaban J connectivity index is 3.20. The molecule has 0 aliphatic heterocycles. The van der Waals surface area contributed by atoms with Crippen LogP contribution in [0.2, 0.25) is 0 Å². The van der Waals surface area contributed by atoms with E-state index < -0.39 is 0 Å². The first-order valence-electron chi connectivity index (χ1n) is 3.77. The second-order valence-electron chi connectivity index (χ2n) is 2.55. The van der Waals surface area contributed by atoms with Gasteiger partial charge in [-0.1, -0.05) is 12.8 Å². The Morgan fingerprint density at radius 1 is 1.14 bits per heavy atom. The number of phenolic OH excluding ortho intramolecular Hbond substituents is 1. The van der Waals surface area contributed by atoms with Crippen LogP contribution in [-0.4, -0.2) is 5.11 Å². The average molecular weight is 188 g/mol. The second-order valence-corrected chi connectivity index (χ2v) is 2.55. The normalized spacial score (nSPS) is 8.50. The van der Waals surface area contributed by atoms with Crippen molar-refractivity contribution < 1.29 is 14.6 Å². The van der Waals surface area contributed by atoms with Crippen LogP contribution in [0.1, 0.15) is 5.56 Å². The Hall–Kier alpha value is -2.26. The highest BCUT2D eigenvalue weighted by Gasteiger charge is 2.10. The summed E-state index contributed by atoms with van der Waals surface area (Å²) >= 11 is 0. The van der Waals surface area contributed by atoms with E-state index in [1.807, 2.05) is 12.2 Å². The number of phenols is 1. The van der Waals surface area contributed by atoms with Gasteiger partial charge in [-0.25, -0.2) is 0 Å². The summed E-state index contributed by atoms with van der Waals surface area (Å²) in [5.74, 6) is 0.0991. The van der Waals surface area contributed by atoms with E-state index in [4.69, 9.17) is 22.3 Å². The van der Waals surface area contributed by atoms with Crippen molar-refractivity contribution in [2.24, 2.45) is 0 Å². The summed E-state index contributed by atoms with van der Waals surface area (Å²) in [6.07, 6.45) is 13.8. The summed E-state index contributed by atoms with van der Waals surface area (Å²) in [5, 5.41) is 9.53. The van der Waals surface area contributed by atoms with E-state index in [0.29, 0.717) is 0 Å². The summed E-state index contributed by atoms with van der Waals surface area (Å²) in [7, 11) is 0. The van der Waals surface area contributed by atoms with Crippen LogP contribution in [0, 0.1) is 32.0 Å².